The molecule has 0 N–H and O–H groups in total. The van der Waals surface area contributed by atoms with E-state index in [9.17, 15) is 0 Å². The fourth-order valence-corrected chi connectivity index (χ4v) is 3.06. The van der Waals surface area contributed by atoms with E-state index in [2.05, 4.69) is 70.0 Å². The average Bonchev–Trinajstić information content (AvgIpc) is 2.78. The number of benzene rings is 2. The topological polar surface area (TPSA) is 17.8 Å². The predicted molar refractivity (Wildman–Crippen MR) is 82.5 cm³/mol. The number of aryl methyl sites for hydroxylation is 1. The molecule has 2 aliphatic heterocycles. The molecular weight excluding hydrogens is 300 g/mol. The molecule has 2 aliphatic rings. The van der Waals surface area contributed by atoms with Crippen molar-refractivity contribution in [3.05, 3.63) is 53.0 Å². The lowest BCUT2D eigenvalue weighted by atomic mass is 10.1. The number of pyridine rings is 1. The Hall–Kier alpha value is -1.87. The average molecular weight is 311 g/mol. The van der Waals surface area contributed by atoms with Crippen LogP contribution in [0.4, 0.5) is 0 Å². The van der Waals surface area contributed by atoms with E-state index in [1.165, 1.54) is 21.9 Å². The summed E-state index contributed by atoms with van der Waals surface area (Å²) >= 11 is 3.54. The second-order valence-electron chi connectivity index (χ2n) is 4.77. The normalized spacial score (nSPS) is 11.7. The van der Waals surface area contributed by atoms with Crippen LogP contribution in [0.25, 0.3) is 33.2 Å². The molecule has 92 valence electrons. The number of halogens is 1. The van der Waals surface area contributed by atoms with Crippen molar-refractivity contribution >= 4 is 37.7 Å². The van der Waals surface area contributed by atoms with Crippen molar-refractivity contribution in [3.8, 4) is 11.4 Å². The molecule has 0 saturated heterocycles. The Morgan fingerprint density at radius 1 is 1.05 bits per heavy atom. The maximum absolute atomic E-state index is 4.75. The van der Waals surface area contributed by atoms with Crippen molar-refractivity contribution in [2.75, 3.05) is 0 Å². The fourth-order valence-electron chi connectivity index (χ4n) is 2.70. The first-order valence-electron chi connectivity index (χ1n) is 6.17. The minimum atomic E-state index is 1.03. The second kappa shape index (κ2) is 3.81. The molecule has 2 aromatic rings. The van der Waals surface area contributed by atoms with E-state index >= 15 is 0 Å². The lowest BCUT2D eigenvalue weighted by molar-refractivity contribution is 0.939. The van der Waals surface area contributed by atoms with Crippen LogP contribution in [-0.4, -0.2) is 9.55 Å². The van der Waals surface area contributed by atoms with E-state index in [-0.39, 0.29) is 0 Å². The van der Waals surface area contributed by atoms with Gasteiger partial charge < -0.3 is 4.57 Å². The molecule has 0 aliphatic carbocycles. The Morgan fingerprint density at radius 3 is 2.79 bits per heavy atom. The van der Waals surface area contributed by atoms with Crippen molar-refractivity contribution in [1.82, 2.24) is 9.55 Å². The smallest absolute Gasteiger partial charge is 0.141 e. The van der Waals surface area contributed by atoms with Crippen molar-refractivity contribution < 1.29 is 0 Å². The standard InChI is InChI=1S/C16H11BrN2/c1-19-15-5-3-2-4-10(15)8-13-12-9-11(17)6-7-14(12)18-16(13)19/h2-9H,1H3. The highest BCUT2D eigenvalue weighted by atomic mass is 79.9. The van der Waals surface area contributed by atoms with Crippen LogP contribution in [0.3, 0.4) is 0 Å². The van der Waals surface area contributed by atoms with E-state index in [4.69, 9.17) is 4.98 Å². The van der Waals surface area contributed by atoms with Gasteiger partial charge in [-0.15, -0.1) is 0 Å². The predicted octanol–water partition coefficient (Wildman–Crippen LogP) is 4.59. The maximum Gasteiger partial charge on any atom is 0.141 e. The van der Waals surface area contributed by atoms with Gasteiger partial charge in [0, 0.05) is 28.0 Å². The molecule has 0 amide bonds. The third-order valence-corrected chi connectivity index (χ3v) is 4.12. The minimum absolute atomic E-state index is 1.03. The molecule has 4 rings (SSSR count). The fraction of sp³-hybridized carbons (Fsp3) is 0.0625. The quantitative estimate of drug-likeness (QED) is 0.464. The summed E-state index contributed by atoms with van der Waals surface area (Å²) in [6, 6.07) is 16.9. The second-order valence-corrected chi connectivity index (χ2v) is 5.69. The van der Waals surface area contributed by atoms with Gasteiger partial charge in [0.15, 0.2) is 0 Å². The van der Waals surface area contributed by atoms with Crippen LogP contribution in [0.5, 0.6) is 0 Å². The molecule has 3 heteroatoms. The van der Waals surface area contributed by atoms with Crippen LogP contribution in [0, 0.1) is 0 Å². The summed E-state index contributed by atoms with van der Waals surface area (Å²) in [6.07, 6.45) is 0. The van der Waals surface area contributed by atoms with Crippen molar-refractivity contribution in [3.63, 3.8) is 0 Å². The van der Waals surface area contributed by atoms with Gasteiger partial charge in [-0.1, -0.05) is 34.1 Å². The number of rotatable bonds is 0. The Labute approximate surface area is 119 Å². The first-order chi connectivity index (χ1) is 9.24. The molecule has 0 spiro atoms. The minimum Gasteiger partial charge on any atom is -0.328 e. The molecule has 0 unspecified atom stereocenters. The lowest BCUT2D eigenvalue weighted by Gasteiger charge is -2.10. The highest BCUT2D eigenvalue weighted by molar-refractivity contribution is 9.10. The van der Waals surface area contributed by atoms with E-state index in [0.29, 0.717) is 0 Å². The molecule has 0 radical (unpaired) electrons. The first-order valence-corrected chi connectivity index (χ1v) is 6.97. The van der Waals surface area contributed by atoms with Gasteiger partial charge in [-0.3, -0.25) is 0 Å². The number of para-hydroxylation sites is 1. The summed E-state index contributed by atoms with van der Waals surface area (Å²) < 4.78 is 3.25. The van der Waals surface area contributed by atoms with Crippen LogP contribution in [0.15, 0.2) is 53.0 Å². The molecule has 2 aromatic carbocycles. The van der Waals surface area contributed by atoms with Gasteiger partial charge in [-0.25, -0.2) is 4.98 Å². The number of nitrogens with zero attached hydrogens (tertiary/aromatic N) is 2. The number of aromatic nitrogens is 2. The summed E-state index contributed by atoms with van der Waals surface area (Å²) in [7, 11) is 2.07. The molecule has 2 heterocycles. The zero-order chi connectivity index (χ0) is 13.0. The Balaban J connectivity index is 2.26. The zero-order valence-corrected chi connectivity index (χ0v) is 12.0. The van der Waals surface area contributed by atoms with Gasteiger partial charge in [0.2, 0.25) is 0 Å². The lowest BCUT2D eigenvalue weighted by Crippen LogP contribution is -1.98. The molecule has 0 aromatic heterocycles. The SMILES string of the molecule is Cn1c2nc3ccc(Br)cc3c-2cc2ccccc21. The van der Waals surface area contributed by atoms with Gasteiger partial charge in [0.25, 0.3) is 0 Å². The summed E-state index contributed by atoms with van der Waals surface area (Å²) in [5, 5.41) is 2.44. The van der Waals surface area contributed by atoms with Crippen molar-refractivity contribution in [1.29, 1.82) is 0 Å². The van der Waals surface area contributed by atoms with Crippen molar-refractivity contribution in [2.45, 2.75) is 0 Å². The van der Waals surface area contributed by atoms with Gasteiger partial charge in [0.05, 0.1) is 5.52 Å². The molecule has 2 nitrogen and oxygen atoms in total. The Kier molecular flexibility index (Phi) is 2.21. The van der Waals surface area contributed by atoms with Crippen LogP contribution >= 0.6 is 15.9 Å². The highest BCUT2D eigenvalue weighted by Gasteiger charge is 2.15. The van der Waals surface area contributed by atoms with Gasteiger partial charge in [0.1, 0.15) is 5.82 Å². The van der Waals surface area contributed by atoms with Crippen LogP contribution in [0.1, 0.15) is 0 Å². The largest absolute Gasteiger partial charge is 0.328 e. The van der Waals surface area contributed by atoms with Gasteiger partial charge in [-0.2, -0.15) is 0 Å². The van der Waals surface area contributed by atoms with Gasteiger partial charge >= 0.3 is 0 Å². The monoisotopic (exact) mass is 310 g/mol. The van der Waals surface area contributed by atoms with E-state index in [0.717, 1.165) is 15.8 Å². The molecule has 0 fully saturated rings. The third-order valence-electron chi connectivity index (χ3n) is 3.63. The van der Waals surface area contributed by atoms with E-state index in [1.807, 2.05) is 6.07 Å². The Morgan fingerprint density at radius 2 is 1.89 bits per heavy atom. The summed E-state index contributed by atoms with van der Waals surface area (Å²) in [6.45, 7) is 0. The number of hydrogen-bond acceptors (Lipinski definition) is 1. The van der Waals surface area contributed by atoms with Gasteiger partial charge in [-0.05, 0) is 35.7 Å². The molecule has 0 saturated carbocycles. The first kappa shape index (κ1) is 11.0. The van der Waals surface area contributed by atoms with Crippen LogP contribution in [0.2, 0.25) is 0 Å². The third kappa shape index (κ3) is 1.51. The molecule has 0 bridgehead atoms. The van der Waals surface area contributed by atoms with Crippen molar-refractivity contribution in [2.24, 2.45) is 7.05 Å². The van der Waals surface area contributed by atoms with E-state index < -0.39 is 0 Å². The number of fused-ring (bicyclic) bond motifs is 4. The summed E-state index contributed by atoms with van der Waals surface area (Å²) in [5.41, 5.74) is 3.46. The van der Waals surface area contributed by atoms with E-state index in [1.54, 1.807) is 0 Å². The summed E-state index contributed by atoms with van der Waals surface area (Å²) in [5.74, 6) is 1.03. The molecular formula is C16H11BrN2. The highest BCUT2D eigenvalue weighted by Crippen LogP contribution is 2.35. The zero-order valence-electron chi connectivity index (χ0n) is 10.4. The maximum atomic E-state index is 4.75. The summed E-state index contributed by atoms with van der Waals surface area (Å²) in [4.78, 5) is 4.75. The van der Waals surface area contributed by atoms with Crippen LogP contribution < -0.4 is 0 Å². The Bertz CT molecular complexity index is 892. The number of hydrogen-bond donors (Lipinski definition) is 0. The molecule has 0 atom stereocenters. The molecule has 19 heavy (non-hydrogen) atoms. The van der Waals surface area contributed by atoms with Crippen LogP contribution in [-0.2, 0) is 7.05 Å².